The number of rotatable bonds is 4. The summed E-state index contributed by atoms with van der Waals surface area (Å²) < 4.78 is 0. The Labute approximate surface area is 122 Å². The Hall–Kier alpha value is -1.32. The van der Waals surface area contributed by atoms with Gasteiger partial charge in [-0.2, -0.15) is 0 Å². The van der Waals surface area contributed by atoms with Crippen LogP contribution in [0.3, 0.4) is 0 Å². The summed E-state index contributed by atoms with van der Waals surface area (Å²) in [5.41, 5.74) is 1.08. The highest BCUT2D eigenvalue weighted by molar-refractivity contribution is 7.17. The predicted molar refractivity (Wildman–Crippen MR) is 82.0 cm³/mol. The fraction of sp³-hybridized carbons (Fsp3) is 0.267. The normalized spacial score (nSPS) is 12.2. The average molecular weight is 294 g/mol. The van der Waals surface area contributed by atoms with Crippen LogP contribution in [0.15, 0.2) is 36.4 Å². The van der Waals surface area contributed by atoms with Gasteiger partial charge in [-0.3, -0.25) is 4.79 Å². The molecule has 0 radical (unpaired) electrons. The molecule has 1 N–H and O–H groups in total. The Morgan fingerprint density at radius 3 is 2.58 bits per heavy atom. The maximum atomic E-state index is 12.0. The van der Waals surface area contributed by atoms with Crippen molar-refractivity contribution in [1.29, 1.82) is 0 Å². The first-order valence-electron chi connectivity index (χ1n) is 6.26. The summed E-state index contributed by atoms with van der Waals surface area (Å²) in [5, 5.41) is 3.69. The lowest BCUT2D eigenvalue weighted by molar-refractivity contribution is 0.0943. The lowest BCUT2D eigenvalue weighted by atomic mass is 10.2. The number of thiophene rings is 1. The van der Waals surface area contributed by atoms with Crippen LogP contribution >= 0.6 is 22.9 Å². The second-order valence-corrected chi connectivity index (χ2v) is 5.97. The van der Waals surface area contributed by atoms with E-state index in [1.54, 1.807) is 0 Å². The SMILES string of the molecule is CCC(C)NC(=O)c1ccc(-c2ccc(Cl)cc2)s1. The average Bonchev–Trinajstić information content (AvgIpc) is 2.89. The molecule has 19 heavy (non-hydrogen) atoms. The standard InChI is InChI=1S/C15H16ClNOS/c1-3-10(2)17-15(18)14-9-8-13(19-14)11-4-6-12(16)7-5-11/h4-10H,3H2,1-2H3,(H,17,18). The maximum absolute atomic E-state index is 12.0. The molecule has 1 atom stereocenters. The molecule has 0 aliphatic carbocycles. The molecule has 0 aliphatic rings. The molecule has 0 fully saturated rings. The number of hydrogen-bond acceptors (Lipinski definition) is 2. The van der Waals surface area contributed by atoms with Gasteiger partial charge in [0.1, 0.15) is 0 Å². The van der Waals surface area contributed by atoms with Gasteiger partial charge in [0.25, 0.3) is 5.91 Å². The van der Waals surface area contributed by atoms with Gasteiger partial charge in [0, 0.05) is 15.9 Å². The molecule has 2 aromatic rings. The largest absolute Gasteiger partial charge is 0.349 e. The number of benzene rings is 1. The quantitative estimate of drug-likeness (QED) is 0.877. The van der Waals surface area contributed by atoms with Gasteiger partial charge < -0.3 is 5.32 Å². The predicted octanol–water partition coefficient (Wildman–Crippen LogP) is 4.60. The van der Waals surface area contributed by atoms with Crippen molar-refractivity contribution >= 4 is 28.8 Å². The fourth-order valence-corrected chi connectivity index (χ4v) is 2.67. The van der Waals surface area contributed by atoms with Crippen molar-refractivity contribution in [3.63, 3.8) is 0 Å². The van der Waals surface area contributed by atoms with Crippen molar-refractivity contribution in [3.05, 3.63) is 46.3 Å². The van der Waals surface area contributed by atoms with Crippen molar-refractivity contribution in [1.82, 2.24) is 5.32 Å². The Balaban J connectivity index is 2.15. The van der Waals surface area contributed by atoms with E-state index < -0.39 is 0 Å². The number of nitrogens with one attached hydrogen (secondary N) is 1. The third-order valence-corrected chi connectivity index (χ3v) is 4.33. The minimum atomic E-state index is -0.000404. The van der Waals surface area contributed by atoms with Crippen molar-refractivity contribution in [2.75, 3.05) is 0 Å². The van der Waals surface area contributed by atoms with Crippen LogP contribution in [0, 0.1) is 0 Å². The zero-order valence-corrected chi connectivity index (χ0v) is 12.5. The molecule has 0 saturated carbocycles. The van der Waals surface area contributed by atoms with E-state index in [2.05, 4.69) is 12.2 Å². The highest BCUT2D eigenvalue weighted by atomic mass is 35.5. The van der Waals surface area contributed by atoms with Crippen molar-refractivity contribution in [2.24, 2.45) is 0 Å². The molecule has 0 saturated heterocycles. The third kappa shape index (κ3) is 3.58. The monoisotopic (exact) mass is 293 g/mol. The summed E-state index contributed by atoms with van der Waals surface area (Å²) in [6.07, 6.45) is 0.932. The summed E-state index contributed by atoms with van der Waals surface area (Å²) in [5.74, 6) is -0.000404. The molecule has 1 unspecified atom stereocenters. The van der Waals surface area contributed by atoms with Crippen LogP contribution in [0.2, 0.25) is 5.02 Å². The van der Waals surface area contributed by atoms with Crippen LogP contribution in [-0.4, -0.2) is 11.9 Å². The van der Waals surface area contributed by atoms with E-state index in [4.69, 9.17) is 11.6 Å². The maximum Gasteiger partial charge on any atom is 0.261 e. The molecule has 0 spiro atoms. The van der Waals surface area contributed by atoms with Gasteiger partial charge >= 0.3 is 0 Å². The summed E-state index contributed by atoms with van der Waals surface area (Å²) in [6.45, 7) is 4.06. The summed E-state index contributed by atoms with van der Waals surface area (Å²) in [7, 11) is 0. The Bertz CT molecular complexity index is 562. The van der Waals surface area contributed by atoms with Gasteiger partial charge in [-0.15, -0.1) is 11.3 Å². The summed E-state index contributed by atoms with van der Waals surface area (Å²) in [6, 6.07) is 11.7. The number of amides is 1. The van der Waals surface area contributed by atoms with E-state index in [0.717, 1.165) is 26.8 Å². The molecule has 100 valence electrons. The van der Waals surface area contributed by atoms with Gasteiger partial charge in [-0.05, 0) is 43.2 Å². The van der Waals surface area contributed by atoms with Gasteiger partial charge in [0.2, 0.25) is 0 Å². The highest BCUT2D eigenvalue weighted by Crippen LogP contribution is 2.29. The van der Waals surface area contributed by atoms with Gasteiger partial charge in [-0.1, -0.05) is 30.7 Å². The van der Waals surface area contributed by atoms with E-state index >= 15 is 0 Å². The zero-order chi connectivity index (χ0) is 13.8. The minimum absolute atomic E-state index is 0.000404. The van der Waals surface area contributed by atoms with Crippen molar-refractivity contribution in [2.45, 2.75) is 26.3 Å². The smallest absolute Gasteiger partial charge is 0.261 e. The Morgan fingerprint density at radius 1 is 1.26 bits per heavy atom. The van der Waals surface area contributed by atoms with Crippen LogP contribution in [0.25, 0.3) is 10.4 Å². The van der Waals surface area contributed by atoms with Crippen LogP contribution in [-0.2, 0) is 0 Å². The second-order valence-electron chi connectivity index (χ2n) is 4.45. The van der Waals surface area contributed by atoms with Crippen LogP contribution < -0.4 is 5.32 Å². The molecular formula is C15H16ClNOS. The minimum Gasteiger partial charge on any atom is -0.349 e. The first kappa shape index (κ1) is 14.1. The molecule has 1 heterocycles. The Morgan fingerprint density at radius 2 is 1.95 bits per heavy atom. The highest BCUT2D eigenvalue weighted by Gasteiger charge is 2.11. The first-order chi connectivity index (χ1) is 9.10. The van der Waals surface area contributed by atoms with Crippen LogP contribution in [0.5, 0.6) is 0 Å². The topological polar surface area (TPSA) is 29.1 Å². The third-order valence-electron chi connectivity index (χ3n) is 2.95. The van der Waals surface area contributed by atoms with Crippen molar-refractivity contribution < 1.29 is 4.79 Å². The zero-order valence-electron chi connectivity index (χ0n) is 10.9. The Kier molecular flexibility index (Phi) is 4.61. The van der Waals surface area contributed by atoms with E-state index in [1.807, 2.05) is 43.3 Å². The molecule has 4 heteroatoms. The first-order valence-corrected chi connectivity index (χ1v) is 7.46. The van der Waals surface area contributed by atoms with E-state index in [1.165, 1.54) is 11.3 Å². The summed E-state index contributed by atoms with van der Waals surface area (Å²) in [4.78, 5) is 13.8. The number of halogens is 1. The molecule has 1 aromatic heterocycles. The second kappa shape index (κ2) is 6.22. The van der Waals surface area contributed by atoms with E-state index in [9.17, 15) is 4.79 Å². The van der Waals surface area contributed by atoms with E-state index in [0.29, 0.717) is 0 Å². The number of hydrogen-bond donors (Lipinski definition) is 1. The van der Waals surface area contributed by atoms with Gasteiger partial charge in [0.05, 0.1) is 4.88 Å². The number of carbonyl (C=O) groups excluding carboxylic acids is 1. The summed E-state index contributed by atoms with van der Waals surface area (Å²) >= 11 is 7.36. The molecule has 0 bridgehead atoms. The molecule has 2 rings (SSSR count). The molecule has 1 amide bonds. The molecule has 1 aromatic carbocycles. The van der Waals surface area contributed by atoms with Crippen LogP contribution in [0.1, 0.15) is 29.9 Å². The molecular weight excluding hydrogens is 278 g/mol. The molecule has 2 nitrogen and oxygen atoms in total. The molecule has 0 aliphatic heterocycles. The van der Waals surface area contributed by atoms with Crippen molar-refractivity contribution in [3.8, 4) is 10.4 Å². The lowest BCUT2D eigenvalue weighted by Crippen LogP contribution is -2.31. The van der Waals surface area contributed by atoms with Gasteiger partial charge in [0.15, 0.2) is 0 Å². The van der Waals surface area contributed by atoms with E-state index in [-0.39, 0.29) is 11.9 Å². The fourth-order valence-electron chi connectivity index (χ4n) is 1.63. The lowest BCUT2D eigenvalue weighted by Gasteiger charge is -2.09. The van der Waals surface area contributed by atoms with Crippen LogP contribution in [0.4, 0.5) is 0 Å². The number of carbonyl (C=O) groups is 1. The van der Waals surface area contributed by atoms with Gasteiger partial charge in [-0.25, -0.2) is 0 Å².